The second-order valence-corrected chi connectivity index (χ2v) is 5.89. The van der Waals surface area contributed by atoms with Gasteiger partial charge in [0.1, 0.15) is 5.75 Å². The van der Waals surface area contributed by atoms with Crippen LogP contribution < -0.4 is 10.5 Å². The van der Waals surface area contributed by atoms with Gasteiger partial charge in [0.2, 0.25) is 0 Å². The molecule has 19 heavy (non-hydrogen) atoms. The van der Waals surface area contributed by atoms with Crippen molar-refractivity contribution in [1.82, 2.24) is 0 Å². The van der Waals surface area contributed by atoms with Crippen molar-refractivity contribution in [1.29, 1.82) is 0 Å². The van der Waals surface area contributed by atoms with Crippen LogP contribution in [0.1, 0.15) is 5.56 Å². The minimum Gasteiger partial charge on any atom is -0.495 e. The van der Waals surface area contributed by atoms with Gasteiger partial charge in [-0.15, -0.1) is 0 Å². The maximum Gasteiger partial charge on any atom is 0.137 e. The Morgan fingerprint density at radius 3 is 2.74 bits per heavy atom. The summed E-state index contributed by atoms with van der Waals surface area (Å²) in [5.41, 5.74) is 7.18. The number of methoxy groups -OCH3 is 1. The number of hydrogen-bond acceptors (Lipinski definition) is 3. The predicted octanol–water partition coefficient (Wildman–Crippen LogP) is 3.24. The molecule has 0 aliphatic carbocycles. The largest absolute Gasteiger partial charge is 0.495 e. The van der Waals surface area contributed by atoms with E-state index in [2.05, 4.69) is 0 Å². The van der Waals surface area contributed by atoms with E-state index in [0.29, 0.717) is 27.1 Å². The summed E-state index contributed by atoms with van der Waals surface area (Å²) in [5.74, 6) is 0.932. The first-order valence-electron chi connectivity index (χ1n) is 5.66. The summed E-state index contributed by atoms with van der Waals surface area (Å²) in [5, 5.41) is 0.638. The first-order valence-corrected chi connectivity index (χ1v) is 7.36. The molecule has 2 aromatic carbocycles. The van der Waals surface area contributed by atoms with Crippen LogP contribution in [0.5, 0.6) is 5.75 Å². The van der Waals surface area contributed by atoms with Gasteiger partial charge in [-0.25, -0.2) is 0 Å². The summed E-state index contributed by atoms with van der Waals surface area (Å²) < 4.78 is 17.6. The fraction of sp³-hybridized carbons (Fsp3) is 0.143. The van der Waals surface area contributed by atoms with Crippen molar-refractivity contribution in [3.05, 3.63) is 53.1 Å². The van der Waals surface area contributed by atoms with Crippen LogP contribution in [0.4, 0.5) is 5.69 Å². The number of hydrogen-bond donors (Lipinski definition) is 1. The van der Waals surface area contributed by atoms with E-state index >= 15 is 0 Å². The summed E-state index contributed by atoms with van der Waals surface area (Å²) in [6.07, 6.45) is 0. The normalized spacial score (nSPS) is 12.1. The molecule has 2 N–H and O–H groups in total. The first kappa shape index (κ1) is 13.9. The van der Waals surface area contributed by atoms with E-state index in [0.717, 1.165) is 5.56 Å². The maximum absolute atomic E-state index is 12.4. The Morgan fingerprint density at radius 2 is 2.05 bits per heavy atom. The average Bonchev–Trinajstić information content (AvgIpc) is 2.38. The highest BCUT2D eigenvalue weighted by Crippen LogP contribution is 2.26. The molecule has 0 radical (unpaired) electrons. The molecule has 100 valence electrons. The number of nitrogen functional groups attached to an aromatic ring is 1. The average molecular weight is 296 g/mol. The van der Waals surface area contributed by atoms with Crippen LogP contribution in [0.15, 0.2) is 47.4 Å². The van der Waals surface area contributed by atoms with Crippen LogP contribution >= 0.6 is 11.6 Å². The minimum atomic E-state index is -1.20. The molecule has 2 aromatic rings. The van der Waals surface area contributed by atoms with Crippen molar-refractivity contribution in [3.63, 3.8) is 0 Å². The molecule has 1 unspecified atom stereocenters. The van der Waals surface area contributed by atoms with E-state index in [1.54, 1.807) is 24.3 Å². The van der Waals surface area contributed by atoms with Crippen LogP contribution in [0.3, 0.4) is 0 Å². The van der Waals surface area contributed by atoms with Gasteiger partial charge < -0.3 is 10.5 Å². The Morgan fingerprint density at radius 1 is 1.26 bits per heavy atom. The van der Waals surface area contributed by atoms with Gasteiger partial charge in [0.15, 0.2) is 0 Å². The lowest BCUT2D eigenvalue weighted by Gasteiger charge is -2.09. The SMILES string of the molecule is COc1cc(N)ccc1S(=O)Cc1cccc(Cl)c1. The summed E-state index contributed by atoms with van der Waals surface area (Å²) in [6.45, 7) is 0. The third kappa shape index (κ3) is 3.49. The number of halogens is 1. The minimum absolute atomic E-state index is 0.390. The van der Waals surface area contributed by atoms with Gasteiger partial charge in [-0.1, -0.05) is 23.7 Å². The van der Waals surface area contributed by atoms with Crippen LogP contribution in [0.25, 0.3) is 0 Å². The number of ether oxygens (including phenoxy) is 1. The fourth-order valence-corrected chi connectivity index (χ4v) is 3.17. The van der Waals surface area contributed by atoms with Crippen LogP contribution in [-0.4, -0.2) is 11.3 Å². The number of anilines is 1. The van der Waals surface area contributed by atoms with Crippen molar-refractivity contribution in [2.24, 2.45) is 0 Å². The van der Waals surface area contributed by atoms with E-state index in [1.165, 1.54) is 7.11 Å². The molecule has 0 fully saturated rings. The third-order valence-electron chi connectivity index (χ3n) is 2.62. The lowest BCUT2D eigenvalue weighted by atomic mass is 10.2. The van der Waals surface area contributed by atoms with E-state index in [4.69, 9.17) is 22.1 Å². The summed E-state index contributed by atoms with van der Waals surface area (Å²) in [4.78, 5) is 0.636. The van der Waals surface area contributed by atoms with Crippen LogP contribution in [-0.2, 0) is 16.6 Å². The zero-order chi connectivity index (χ0) is 13.8. The second kappa shape index (κ2) is 6.08. The highest BCUT2D eigenvalue weighted by Gasteiger charge is 2.11. The van der Waals surface area contributed by atoms with Crippen molar-refractivity contribution >= 4 is 28.1 Å². The summed E-state index contributed by atoms with van der Waals surface area (Å²) in [7, 11) is 0.335. The van der Waals surface area contributed by atoms with Gasteiger partial charge in [-0.2, -0.15) is 0 Å². The number of rotatable bonds is 4. The lowest BCUT2D eigenvalue weighted by Crippen LogP contribution is -2.00. The monoisotopic (exact) mass is 295 g/mol. The molecular formula is C14H14ClNO2S. The van der Waals surface area contributed by atoms with E-state index < -0.39 is 10.8 Å². The molecule has 0 amide bonds. The molecule has 5 heteroatoms. The smallest absolute Gasteiger partial charge is 0.137 e. The molecule has 1 atom stereocenters. The maximum atomic E-state index is 12.4. The molecule has 0 saturated heterocycles. The van der Waals surface area contributed by atoms with Gasteiger partial charge in [0.05, 0.1) is 28.6 Å². The lowest BCUT2D eigenvalue weighted by molar-refractivity contribution is 0.404. The molecule has 0 saturated carbocycles. The van der Waals surface area contributed by atoms with Gasteiger partial charge in [-0.3, -0.25) is 4.21 Å². The van der Waals surface area contributed by atoms with Crippen molar-refractivity contribution < 1.29 is 8.95 Å². The second-order valence-electron chi connectivity index (χ2n) is 4.03. The molecule has 0 aliphatic heterocycles. The quantitative estimate of drug-likeness (QED) is 0.881. The van der Waals surface area contributed by atoms with E-state index in [-0.39, 0.29) is 0 Å². The molecule has 0 aliphatic rings. The highest BCUT2D eigenvalue weighted by molar-refractivity contribution is 7.84. The van der Waals surface area contributed by atoms with Gasteiger partial charge in [-0.05, 0) is 29.8 Å². The first-order chi connectivity index (χ1) is 9.10. The molecule has 0 bridgehead atoms. The Kier molecular flexibility index (Phi) is 4.45. The number of benzene rings is 2. The third-order valence-corrected chi connectivity index (χ3v) is 4.28. The van der Waals surface area contributed by atoms with Crippen molar-refractivity contribution in [2.45, 2.75) is 10.6 Å². The van der Waals surface area contributed by atoms with Gasteiger partial charge in [0.25, 0.3) is 0 Å². The summed E-state index contributed by atoms with van der Waals surface area (Å²) >= 11 is 5.91. The molecule has 0 heterocycles. The van der Waals surface area contributed by atoms with Crippen LogP contribution in [0, 0.1) is 0 Å². The zero-order valence-electron chi connectivity index (χ0n) is 10.4. The Bertz CT molecular complexity index is 616. The Labute approximate surface area is 119 Å². The molecule has 3 nitrogen and oxygen atoms in total. The summed E-state index contributed by atoms with van der Waals surface area (Å²) in [6, 6.07) is 12.5. The Balaban J connectivity index is 2.25. The topological polar surface area (TPSA) is 52.3 Å². The van der Waals surface area contributed by atoms with Crippen LogP contribution in [0.2, 0.25) is 5.02 Å². The van der Waals surface area contributed by atoms with Gasteiger partial charge >= 0.3 is 0 Å². The molecule has 2 rings (SSSR count). The van der Waals surface area contributed by atoms with Crippen molar-refractivity contribution in [2.75, 3.05) is 12.8 Å². The Hall–Kier alpha value is -1.52. The van der Waals surface area contributed by atoms with E-state index in [1.807, 2.05) is 18.2 Å². The van der Waals surface area contributed by atoms with E-state index in [9.17, 15) is 4.21 Å². The molecule has 0 aromatic heterocycles. The molecular weight excluding hydrogens is 282 g/mol. The number of nitrogens with two attached hydrogens (primary N) is 1. The van der Waals surface area contributed by atoms with Gasteiger partial charge in [0, 0.05) is 16.8 Å². The standard InChI is InChI=1S/C14H14ClNO2S/c1-18-13-8-12(16)5-6-14(13)19(17)9-10-3-2-4-11(15)7-10/h2-8H,9,16H2,1H3. The highest BCUT2D eigenvalue weighted by atomic mass is 35.5. The zero-order valence-corrected chi connectivity index (χ0v) is 12.0. The molecule has 0 spiro atoms. The fourth-order valence-electron chi connectivity index (χ4n) is 1.73. The predicted molar refractivity (Wildman–Crippen MR) is 79.0 cm³/mol. The van der Waals surface area contributed by atoms with Crippen molar-refractivity contribution in [3.8, 4) is 5.75 Å².